The first kappa shape index (κ1) is 44.3. The largest absolute Gasteiger partial charge is 0.473 e. The Balaban J connectivity index is 0.000000127. The number of hydrogen-bond acceptors (Lipinski definition) is 15. The van der Waals surface area contributed by atoms with Crippen molar-refractivity contribution in [3.8, 4) is 22.9 Å². The van der Waals surface area contributed by atoms with Gasteiger partial charge in [0.2, 0.25) is 17.7 Å². The summed E-state index contributed by atoms with van der Waals surface area (Å²) in [4.78, 5) is 23.8. The van der Waals surface area contributed by atoms with Crippen molar-refractivity contribution in [1.29, 1.82) is 0 Å². The normalized spacial score (nSPS) is 22.3. The van der Waals surface area contributed by atoms with E-state index in [9.17, 15) is 4.39 Å². The molecule has 0 unspecified atom stereocenters. The van der Waals surface area contributed by atoms with Gasteiger partial charge in [0.1, 0.15) is 23.6 Å². The molecule has 0 bridgehead atoms. The molecule has 0 aromatic carbocycles. The van der Waals surface area contributed by atoms with Crippen LogP contribution in [0, 0.1) is 23.7 Å². The van der Waals surface area contributed by atoms with Crippen LogP contribution in [-0.2, 0) is 23.7 Å². The van der Waals surface area contributed by atoms with Gasteiger partial charge in [-0.05, 0) is 88.7 Å². The second kappa shape index (κ2) is 19.7. The molecule has 2 N–H and O–H groups in total. The minimum Gasteiger partial charge on any atom is -0.473 e. The van der Waals surface area contributed by atoms with Gasteiger partial charge in [-0.15, -0.1) is 0 Å². The van der Waals surface area contributed by atoms with Crippen LogP contribution in [-0.4, -0.2) is 137 Å². The lowest BCUT2D eigenvalue weighted by Crippen LogP contribution is -2.56. The van der Waals surface area contributed by atoms with Crippen LogP contribution in [0.3, 0.4) is 0 Å². The van der Waals surface area contributed by atoms with Crippen LogP contribution in [0.15, 0.2) is 58.0 Å². The highest BCUT2D eigenvalue weighted by Crippen LogP contribution is 2.50. The number of rotatable bonds is 8. The zero-order chi connectivity index (χ0) is 43.4. The van der Waals surface area contributed by atoms with Gasteiger partial charge in [0.15, 0.2) is 0 Å². The van der Waals surface area contributed by atoms with Crippen molar-refractivity contribution in [2.75, 3.05) is 126 Å². The lowest BCUT2D eigenvalue weighted by atomic mass is 9.65. The Morgan fingerprint density at radius 1 is 0.587 bits per heavy atom. The summed E-state index contributed by atoms with van der Waals surface area (Å²) in [7, 11) is 0. The molecule has 4 aromatic heterocycles. The van der Waals surface area contributed by atoms with Crippen LogP contribution < -0.4 is 29.9 Å². The topological polar surface area (TPSA) is 152 Å². The van der Waals surface area contributed by atoms with E-state index in [4.69, 9.17) is 43.9 Å². The summed E-state index contributed by atoms with van der Waals surface area (Å²) < 4.78 is 54.4. The number of anilines is 4. The fraction of sp³-hybridized carbons (Fsp3) is 0.556. The Morgan fingerprint density at radius 3 is 1.52 bits per heavy atom. The van der Waals surface area contributed by atoms with Gasteiger partial charge >= 0.3 is 0 Å². The molecule has 9 heterocycles. The van der Waals surface area contributed by atoms with E-state index >= 15 is 0 Å². The van der Waals surface area contributed by atoms with Gasteiger partial charge in [-0.25, -0.2) is 15.0 Å². The lowest BCUT2D eigenvalue weighted by molar-refractivity contribution is -0.191. The molecule has 7 aliphatic rings. The fourth-order valence-corrected chi connectivity index (χ4v) is 9.71. The van der Waals surface area contributed by atoms with Crippen molar-refractivity contribution in [3.63, 3.8) is 0 Å². The zero-order valence-corrected chi connectivity index (χ0v) is 38.8. The molecule has 5 saturated heterocycles. The van der Waals surface area contributed by atoms with Crippen molar-refractivity contribution >= 4 is 54.6 Å². The second-order valence-corrected chi connectivity index (χ2v) is 19.3. The maximum absolute atomic E-state index is 13.3. The maximum Gasteiger partial charge on any atom is 0.237 e. The van der Waals surface area contributed by atoms with E-state index in [1.165, 1.54) is 6.20 Å². The summed E-state index contributed by atoms with van der Waals surface area (Å²) in [5.74, 6) is 1.04. The first-order valence-corrected chi connectivity index (χ1v) is 23.4. The van der Waals surface area contributed by atoms with Crippen molar-refractivity contribution in [2.24, 2.45) is 10.8 Å². The number of ether oxygens (including phenoxy) is 7. The molecule has 11 rings (SSSR count). The van der Waals surface area contributed by atoms with E-state index in [1.807, 2.05) is 24.1 Å². The Hall–Kier alpha value is -3.91. The van der Waals surface area contributed by atoms with E-state index in [0.717, 1.165) is 148 Å². The van der Waals surface area contributed by atoms with Gasteiger partial charge in [-0.3, -0.25) is 4.98 Å². The van der Waals surface area contributed by atoms with E-state index in [0.29, 0.717) is 54.5 Å². The Bertz CT molecular complexity index is 2190. The quantitative estimate of drug-likeness (QED) is 0.192. The molecule has 18 heteroatoms. The highest BCUT2D eigenvalue weighted by atomic mass is 79.9. The van der Waals surface area contributed by atoms with Gasteiger partial charge in [0.05, 0.1) is 83.6 Å². The number of nitrogens with two attached hydrogens (primary N) is 1. The molecule has 7 fully saturated rings. The van der Waals surface area contributed by atoms with Crippen molar-refractivity contribution in [3.05, 3.63) is 69.6 Å². The maximum atomic E-state index is 13.3. The number of nitrogens with zero attached hydrogens (tertiary/aromatic N) is 7. The molecule has 15 nitrogen and oxygen atoms in total. The molecule has 2 spiro atoms. The third kappa shape index (κ3) is 10.5. The van der Waals surface area contributed by atoms with Crippen LogP contribution >= 0.6 is 31.9 Å². The summed E-state index contributed by atoms with van der Waals surface area (Å²) in [5, 5.41) is 0. The molecular weight excluding hydrogens is 943 g/mol. The highest BCUT2D eigenvalue weighted by Gasteiger charge is 2.52. The summed E-state index contributed by atoms with van der Waals surface area (Å²) in [6.07, 6.45) is 11.6. The number of nitrogen functional groups attached to an aromatic ring is 1. The summed E-state index contributed by atoms with van der Waals surface area (Å²) in [6.45, 7) is 14.6. The fourth-order valence-electron chi connectivity index (χ4n) is 9.07. The van der Waals surface area contributed by atoms with E-state index in [2.05, 4.69) is 68.7 Å². The average molecular weight is 999 g/mol. The minimum absolute atomic E-state index is 0.220. The van der Waals surface area contributed by atoms with Gasteiger partial charge in [0, 0.05) is 94.5 Å². The minimum atomic E-state index is -0.421. The number of aryl methyl sites for hydroxylation is 1. The van der Waals surface area contributed by atoms with Crippen LogP contribution in [0.5, 0.6) is 11.8 Å². The smallest absolute Gasteiger partial charge is 0.237 e. The Kier molecular flexibility index (Phi) is 13.8. The number of aromatic nitrogens is 4. The van der Waals surface area contributed by atoms with Crippen molar-refractivity contribution < 1.29 is 37.5 Å². The average Bonchev–Trinajstić information content (AvgIpc) is 3.25. The molecule has 2 aliphatic carbocycles. The van der Waals surface area contributed by atoms with Crippen LogP contribution in [0.2, 0.25) is 0 Å². The van der Waals surface area contributed by atoms with E-state index in [1.54, 1.807) is 18.5 Å². The summed E-state index contributed by atoms with van der Waals surface area (Å²) in [6, 6.07) is 7.94. The highest BCUT2D eigenvalue weighted by molar-refractivity contribution is 9.10. The molecule has 0 radical (unpaired) electrons. The molecule has 5 aliphatic heterocycles. The monoisotopic (exact) mass is 996 g/mol. The summed E-state index contributed by atoms with van der Waals surface area (Å²) in [5.41, 5.74) is 13.0. The zero-order valence-electron chi connectivity index (χ0n) is 35.6. The number of halogens is 3. The third-order valence-electron chi connectivity index (χ3n) is 12.7. The molecular formula is C45H55Br2FN8O7. The molecule has 4 aromatic rings. The van der Waals surface area contributed by atoms with Crippen LogP contribution in [0.4, 0.5) is 27.1 Å². The van der Waals surface area contributed by atoms with E-state index < -0.39 is 5.95 Å². The van der Waals surface area contributed by atoms with Gasteiger partial charge < -0.3 is 53.6 Å². The number of morpholine rings is 3. The van der Waals surface area contributed by atoms with Gasteiger partial charge in [0.25, 0.3) is 0 Å². The predicted molar refractivity (Wildman–Crippen MR) is 243 cm³/mol. The first-order chi connectivity index (χ1) is 30.6. The first-order valence-electron chi connectivity index (χ1n) is 21.8. The number of hydrogen-bond donors (Lipinski definition) is 1. The molecule has 2 saturated carbocycles. The molecule has 338 valence electrons. The Labute approximate surface area is 384 Å². The molecule has 0 atom stereocenters. The standard InChI is InChI=1S/C21H26N4O3.C15H19BrN2O3.C9H10BrFN2O/c1-14-18(7-16(22)11-23-14)15-6-19(25-2-4-26-5-3-25)20(24-10-15)28-17-8-21(9-17)12-27-13-21;16-11-5-13(18-1-3-19-4-2-18)14(17-8-11)21-12-6-15(7-12)9-20-10-15;10-7-5-8(9(11)12-6-7)13-1-3-14-4-2-13/h6-7,10-11,17H,2-5,8-9,12-13,22H2,1H3;5,8,12H,1-4,6-7,9-10H2;5-6H,1-4H2. The Morgan fingerprint density at radius 2 is 1.03 bits per heavy atom. The lowest BCUT2D eigenvalue weighted by Gasteiger charge is -2.52. The predicted octanol–water partition coefficient (Wildman–Crippen LogP) is 6.49. The third-order valence-corrected chi connectivity index (χ3v) is 13.6. The van der Waals surface area contributed by atoms with Crippen LogP contribution in [0.25, 0.3) is 11.1 Å². The van der Waals surface area contributed by atoms with Crippen molar-refractivity contribution in [1.82, 2.24) is 19.9 Å². The molecule has 63 heavy (non-hydrogen) atoms. The van der Waals surface area contributed by atoms with Gasteiger partial charge in [-0.2, -0.15) is 4.39 Å². The second-order valence-electron chi connectivity index (χ2n) is 17.5. The molecule has 0 amide bonds. The van der Waals surface area contributed by atoms with Crippen molar-refractivity contribution in [2.45, 2.75) is 44.8 Å². The number of pyridine rings is 4. The summed E-state index contributed by atoms with van der Waals surface area (Å²) >= 11 is 6.78. The van der Waals surface area contributed by atoms with E-state index in [-0.39, 0.29) is 12.2 Å². The van der Waals surface area contributed by atoms with Gasteiger partial charge in [-0.1, -0.05) is 0 Å². The van der Waals surface area contributed by atoms with Crippen LogP contribution in [0.1, 0.15) is 31.4 Å². The SMILES string of the molecule is Brc1cnc(OC2CC3(COC3)C2)c(N2CCOCC2)c1.Cc1ncc(N)cc1-c1cnc(OC2CC3(COC3)C2)c(N2CCOCC2)c1.Fc1ncc(Br)cc1N1CCOCC1.